The highest BCUT2D eigenvalue weighted by Gasteiger charge is 1.56. The fraction of sp³-hybridized carbons (Fsp3) is 0.500. The lowest BCUT2D eigenvalue weighted by Crippen LogP contribution is -1.66. The number of hydrogen-bond donors (Lipinski definition) is 0. The van der Waals surface area contributed by atoms with E-state index in [2.05, 4.69) is 11.8 Å². The highest BCUT2D eigenvalue weighted by atomic mass is 19.1. The third-order valence-electron chi connectivity index (χ3n) is 0.0772. The van der Waals surface area contributed by atoms with Crippen LogP contribution < -0.4 is 0 Å². The second-order valence-electron chi connectivity index (χ2n) is 0.313. The maximum atomic E-state index is 10.4. The summed E-state index contributed by atoms with van der Waals surface area (Å²) in [6, 6.07) is 0. The lowest BCUT2D eigenvalue weighted by molar-refractivity contribution is 0.135. The van der Waals surface area contributed by atoms with E-state index in [4.69, 9.17) is 0 Å². The van der Waals surface area contributed by atoms with Gasteiger partial charge in [0, 0.05) is 0 Å². The van der Waals surface area contributed by atoms with Crippen molar-refractivity contribution in [3.8, 4) is 0 Å². The zero-order chi connectivity index (χ0) is 3.41. The van der Waals surface area contributed by atoms with Crippen molar-refractivity contribution in [2.75, 3.05) is 6.86 Å². The van der Waals surface area contributed by atoms with Crippen LogP contribution in [-0.2, 0) is 4.74 Å². The molecule has 0 rings (SSSR count). The molecule has 0 aliphatic heterocycles. The Bertz CT molecular complexity index is 8.00. The molecule has 0 saturated carbocycles. The largest absolute Gasteiger partial charge is 0.348 e. The fourth-order valence-corrected chi connectivity index (χ4v) is 0. The Labute approximate surface area is 24.4 Å². The van der Waals surface area contributed by atoms with Gasteiger partial charge in [-0.3, -0.25) is 0 Å². The van der Waals surface area contributed by atoms with Gasteiger partial charge in [-0.05, 0) is 0 Å². The summed E-state index contributed by atoms with van der Waals surface area (Å²) in [5, 5.41) is 0. The Morgan fingerprint density at radius 3 is 2.25 bits per heavy atom. The predicted octanol–water partition coefficient (Wildman–Crippen LogP) is 0.722. The molecule has 0 atom stereocenters. The second kappa shape index (κ2) is 2.89. The zero-order valence-corrected chi connectivity index (χ0v) is 2.20. The molecular weight excluding hydrogens is 59.0 g/mol. The van der Waals surface area contributed by atoms with Crippen molar-refractivity contribution in [2.45, 2.75) is 0 Å². The molecule has 0 aromatic rings. The molecular formula is C2H4FO. The van der Waals surface area contributed by atoms with Gasteiger partial charge in [0.15, 0.2) is 6.86 Å². The average Bonchev–Trinajstić information content (AvgIpc) is 1.37. The summed E-state index contributed by atoms with van der Waals surface area (Å²) in [5.41, 5.74) is 0. The van der Waals surface area contributed by atoms with Crippen LogP contribution in [0.5, 0.6) is 0 Å². The molecule has 0 saturated heterocycles. The van der Waals surface area contributed by atoms with Gasteiger partial charge in [0.2, 0.25) is 0 Å². The van der Waals surface area contributed by atoms with E-state index in [-0.39, 0.29) is 0 Å². The van der Waals surface area contributed by atoms with Crippen LogP contribution in [0, 0.1) is 7.11 Å². The first-order valence-corrected chi connectivity index (χ1v) is 0.845. The summed E-state index contributed by atoms with van der Waals surface area (Å²) >= 11 is 0. The van der Waals surface area contributed by atoms with Crippen LogP contribution in [0.4, 0.5) is 4.39 Å². The van der Waals surface area contributed by atoms with Crippen LogP contribution in [-0.4, -0.2) is 6.86 Å². The summed E-state index contributed by atoms with van der Waals surface area (Å²) in [7, 11) is 2.73. The Kier molecular flexibility index (Phi) is 2.81. The standard InChI is InChI=1S/C2H4FO/c1-4-2-3/h1-2H2. The molecule has 0 aliphatic carbocycles. The molecule has 0 amide bonds. The molecule has 0 fully saturated rings. The number of rotatable bonds is 1. The van der Waals surface area contributed by atoms with Crippen LogP contribution in [0.1, 0.15) is 0 Å². The molecule has 0 spiro atoms. The molecule has 1 radical (unpaired) electrons. The third-order valence-corrected chi connectivity index (χ3v) is 0.0772. The molecule has 0 heterocycles. The van der Waals surface area contributed by atoms with Crippen LogP contribution >= 0.6 is 0 Å². The van der Waals surface area contributed by atoms with E-state index >= 15 is 0 Å². The fourth-order valence-electron chi connectivity index (χ4n) is 0. The van der Waals surface area contributed by atoms with Gasteiger partial charge in [-0.15, -0.1) is 0 Å². The van der Waals surface area contributed by atoms with Gasteiger partial charge in [0.25, 0.3) is 0 Å². The van der Waals surface area contributed by atoms with Gasteiger partial charge in [-0.25, -0.2) is 4.39 Å². The summed E-state index contributed by atoms with van der Waals surface area (Å²) in [5.74, 6) is 0. The molecule has 25 valence electrons. The topological polar surface area (TPSA) is 9.23 Å². The number of ether oxygens (including phenoxy) is 1. The summed E-state index contributed by atoms with van der Waals surface area (Å²) in [6.07, 6.45) is 0. The Balaban J connectivity index is 1.97. The van der Waals surface area contributed by atoms with Gasteiger partial charge in [-0.2, -0.15) is 0 Å². The minimum atomic E-state index is -0.792. The highest BCUT2D eigenvalue weighted by Crippen LogP contribution is 1.61. The van der Waals surface area contributed by atoms with Crippen molar-refractivity contribution < 1.29 is 9.13 Å². The van der Waals surface area contributed by atoms with E-state index in [0.717, 1.165) is 0 Å². The van der Waals surface area contributed by atoms with Crippen molar-refractivity contribution in [2.24, 2.45) is 0 Å². The van der Waals surface area contributed by atoms with E-state index in [1.54, 1.807) is 0 Å². The van der Waals surface area contributed by atoms with E-state index in [1.165, 1.54) is 0 Å². The highest BCUT2D eigenvalue weighted by molar-refractivity contribution is 3.90. The smallest absolute Gasteiger partial charge is 0.188 e. The second-order valence-corrected chi connectivity index (χ2v) is 0.313. The summed E-state index contributed by atoms with van der Waals surface area (Å²) in [4.78, 5) is 0. The molecule has 0 aliphatic rings. The minimum absolute atomic E-state index is 0.792. The monoisotopic (exact) mass is 63.0 g/mol. The molecule has 0 aromatic carbocycles. The first-order chi connectivity index (χ1) is 1.91. The van der Waals surface area contributed by atoms with Crippen LogP contribution in [0.15, 0.2) is 0 Å². The summed E-state index contributed by atoms with van der Waals surface area (Å²) in [6.45, 7) is -0.792. The molecule has 0 bridgehead atoms. The zero-order valence-electron chi connectivity index (χ0n) is 2.20. The van der Waals surface area contributed by atoms with Gasteiger partial charge in [-0.1, -0.05) is 0 Å². The molecule has 0 unspecified atom stereocenters. The van der Waals surface area contributed by atoms with Gasteiger partial charge < -0.3 is 4.74 Å². The Hall–Kier alpha value is -0.110. The number of alkyl halides is 1. The lowest BCUT2D eigenvalue weighted by atomic mass is 11.5. The van der Waals surface area contributed by atoms with Gasteiger partial charge in [0.1, 0.15) is 0 Å². The van der Waals surface area contributed by atoms with Crippen LogP contribution in [0.25, 0.3) is 0 Å². The van der Waals surface area contributed by atoms with Gasteiger partial charge in [0.05, 0.1) is 7.11 Å². The minimum Gasteiger partial charge on any atom is -0.348 e. The van der Waals surface area contributed by atoms with E-state index < -0.39 is 6.86 Å². The SMILES string of the molecule is [CH2]OCF. The van der Waals surface area contributed by atoms with Gasteiger partial charge >= 0.3 is 0 Å². The van der Waals surface area contributed by atoms with E-state index in [1.807, 2.05) is 0 Å². The first kappa shape index (κ1) is 3.89. The lowest BCUT2D eigenvalue weighted by Gasteiger charge is -1.72. The molecule has 2 heteroatoms. The number of halogens is 1. The van der Waals surface area contributed by atoms with Crippen molar-refractivity contribution in [1.29, 1.82) is 0 Å². The molecule has 4 heavy (non-hydrogen) atoms. The Morgan fingerprint density at radius 1 is 2.00 bits per heavy atom. The van der Waals surface area contributed by atoms with E-state index in [0.29, 0.717) is 0 Å². The maximum absolute atomic E-state index is 10.4. The maximum Gasteiger partial charge on any atom is 0.188 e. The quantitative estimate of drug-likeness (QED) is 0.435. The van der Waals surface area contributed by atoms with Crippen molar-refractivity contribution in [3.05, 3.63) is 7.11 Å². The average molecular weight is 63.1 g/mol. The van der Waals surface area contributed by atoms with Crippen LogP contribution in [0.3, 0.4) is 0 Å². The van der Waals surface area contributed by atoms with E-state index in [9.17, 15) is 4.39 Å². The van der Waals surface area contributed by atoms with Crippen molar-refractivity contribution >= 4 is 0 Å². The van der Waals surface area contributed by atoms with Crippen molar-refractivity contribution in [3.63, 3.8) is 0 Å². The first-order valence-electron chi connectivity index (χ1n) is 0.845. The Morgan fingerprint density at radius 2 is 2.25 bits per heavy atom. The molecule has 0 N–H and O–H groups in total. The number of hydrogen-bond acceptors (Lipinski definition) is 1. The summed E-state index contributed by atoms with van der Waals surface area (Å²) < 4.78 is 14.1. The third kappa shape index (κ3) is 1.89. The molecule has 0 aromatic heterocycles. The van der Waals surface area contributed by atoms with Crippen LogP contribution in [0.2, 0.25) is 0 Å². The normalized spacial score (nSPS) is 7.50. The molecule has 1 nitrogen and oxygen atoms in total. The van der Waals surface area contributed by atoms with Crippen molar-refractivity contribution in [1.82, 2.24) is 0 Å². The predicted molar refractivity (Wildman–Crippen MR) is 12.4 cm³/mol.